The number of esters is 1. The maximum atomic E-state index is 11.8. The summed E-state index contributed by atoms with van der Waals surface area (Å²) in [6.45, 7) is -0.0905. The fraction of sp³-hybridized carbons (Fsp3) is 0.250. The minimum atomic E-state index is -4.33. The fourth-order valence-electron chi connectivity index (χ4n) is 1.14. The Hall–Kier alpha value is -1.30. The van der Waals surface area contributed by atoms with Gasteiger partial charge < -0.3 is 4.74 Å². The molecule has 0 atom stereocenters. The van der Waals surface area contributed by atoms with E-state index >= 15 is 0 Å². The Bertz CT molecular complexity index is 441. The largest absolute Gasteiger partial charge is 0.462 e. The molecular formula is C12H10BrF3O2. The zero-order valence-corrected chi connectivity index (χ0v) is 10.8. The number of hydrogen-bond acceptors (Lipinski definition) is 2. The van der Waals surface area contributed by atoms with Gasteiger partial charge in [-0.1, -0.05) is 18.2 Å². The Balaban J connectivity index is 2.39. The molecule has 18 heavy (non-hydrogen) atoms. The van der Waals surface area contributed by atoms with Crippen LogP contribution in [0.3, 0.4) is 0 Å². The van der Waals surface area contributed by atoms with Crippen LogP contribution in [0.1, 0.15) is 16.8 Å². The van der Waals surface area contributed by atoms with E-state index in [1.54, 1.807) is 24.3 Å². The van der Waals surface area contributed by atoms with Gasteiger partial charge in [0.15, 0.2) is 0 Å². The maximum Gasteiger partial charge on any atom is 0.409 e. The first-order valence-electron chi connectivity index (χ1n) is 5.06. The van der Waals surface area contributed by atoms with Gasteiger partial charge in [0.1, 0.15) is 0 Å². The number of halogens is 4. The second-order valence-electron chi connectivity index (χ2n) is 3.35. The van der Waals surface area contributed by atoms with E-state index in [9.17, 15) is 18.0 Å². The molecule has 2 nitrogen and oxygen atoms in total. The van der Waals surface area contributed by atoms with Crippen LogP contribution in [0.2, 0.25) is 0 Å². The summed E-state index contributed by atoms with van der Waals surface area (Å²) in [6, 6.07) is 6.66. The van der Waals surface area contributed by atoms with Crippen LogP contribution in [-0.4, -0.2) is 18.8 Å². The van der Waals surface area contributed by atoms with Crippen molar-refractivity contribution in [2.45, 2.75) is 12.6 Å². The molecule has 1 aromatic carbocycles. The number of rotatable bonds is 4. The first-order chi connectivity index (χ1) is 8.40. The first-order valence-corrected chi connectivity index (χ1v) is 5.85. The lowest BCUT2D eigenvalue weighted by Gasteiger charge is -2.04. The van der Waals surface area contributed by atoms with Crippen LogP contribution < -0.4 is 0 Å². The molecule has 0 aromatic heterocycles. The molecule has 98 valence electrons. The summed E-state index contributed by atoms with van der Waals surface area (Å²) in [4.78, 5) is 11.5. The number of alkyl halides is 3. The van der Waals surface area contributed by atoms with Gasteiger partial charge >= 0.3 is 12.1 Å². The molecule has 0 unspecified atom stereocenters. The van der Waals surface area contributed by atoms with E-state index < -0.39 is 12.1 Å². The van der Waals surface area contributed by atoms with Gasteiger partial charge in [-0.25, -0.2) is 4.79 Å². The lowest BCUT2D eigenvalue weighted by Crippen LogP contribution is -2.07. The van der Waals surface area contributed by atoms with Crippen molar-refractivity contribution >= 4 is 21.9 Å². The molecule has 0 radical (unpaired) electrons. The Morgan fingerprint density at radius 2 is 2.00 bits per heavy atom. The minimum Gasteiger partial charge on any atom is -0.462 e. The van der Waals surface area contributed by atoms with Crippen molar-refractivity contribution in [2.24, 2.45) is 0 Å². The van der Waals surface area contributed by atoms with Gasteiger partial charge in [0, 0.05) is 10.5 Å². The summed E-state index contributed by atoms with van der Waals surface area (Å²) in [5, 5.41) is 0. The predicted octanol–water partition coefficient (Wildman–Crippen LogP) is 4.11. The zero-order chi connectivity index (χ0) is 13.6. The van der Waals surface area contributed by atoms with Crippen molar-refractivity contribution in [1.29, 1.82) is 0 Å². The summed E-state index contributed by atoms with van der Waals surface area (Å²) >= 11 is 3.18. The molecule has 6 heteroatoms. The second kappa shape index (κ2) is 6.58. The Morgan fingerprint density at radius 3 is 2.61 bits per heavy atom. The molecule has 0 saturated carbocycles. The van der Waals surface area contributed by atoms with Gasteiger partial charge in [-0.2, -0.15) is 13.2 Å². The third-order valence-electron chi connectivity index (χ3n) is 1.92. The number of allylic oxidation sites excluding steroid dienone is 1. The smallest absolute Gasteiger partial charge is 0.409 e. The van der Waals surface area contributed by atoms with E-state index in [-0.39, 0.29) is 19.1 Å². The van der Waals surface area contributed by atoms with Crippen molar-refractivity contribution in [2.75, 3.05) is 6.61 Å². The molecule has 0 heterocycles. The highest BCUT2D eigenvalue weighted by molar-refractivity contribution is 9.10. The van der Waals surface area contributed by atoms with Gasteiger partial charge in [0.25, 0.3) is 0 Å². The lowest BCUT2D eigenvalue weighted by molar-refractivity contribution is -0.0800. The van der Waals surface area contributed by atoms with E-state index in [1.807, 2.05) is 0 Å². The number of ether oxygens (including phenoxy) is 1. The van der Waals surface area contributed by atoms with Crippen LogP contribution in [0.5, 0.6) is 0 Å². The molecule has 1 aromatic rings. The molecule has 0 aliphatic carbocycles. The van der Waals surface area contributed by atoms with Gasteiger partial charge in [-0.3, -0.25) is 0 Å². The fourth-order valence-corrected chi connectivity index (χ4v) is 1.59. The average Bonchev–Trinajstić information content (AvgIpc) is 2.27. The van der Waals surface area contributed by atoms with Gasteiger partial charge in [0.2, 0.25) is 0 Å². The molecule has 0 saturated heterocycles. The van der Waals surface area contributed by atoms with Gasteiger partial charge in [0.05, 0.1) is 12.2 Å². The van der Waals surface area contributed by atoms with Gasteiger partial charge in [-0.15, -0.1) is 0 Å². The van der Waals surface area contributed by atoms with E-state index in [0.29, 0.717) is 10.0 Å². The van der Waals surface area contributed by atoms with Crippen LogP contribution in [0.4, 0.5) is 13.2 Å². The third-order valence-corrected chi connectivity index (χ3v) is 2.61. The van der Waals surface area contributed by atoms with Crippen LogP contribution in [0.25, 0.3) is 0 Å². The van der Waals surface area contributed by atoms with E-state index in [0.717, 1.165) is 6.08 Å². The SMILES string of the molecule is O=C(OCC/C=C\C(F)(F)F)c1ccccc1Br. The van der Waals surface area contributed by atoms with Crippen molar-refractivity contribution in [3.05, 3.63) is 46.5 Å². The maximum absolute atomic E-state index is 11.8. The van der Waals surface area contributed by atoms with E-state index in [2.05, 4.69) is 15.9 Å². The van der Waals surface area contributed by atoms with E-state index in [1.165, 1.54) is 0 Å². The quantitative estimate of drug-likeness (QED) is 0.473. The van der Waals surface area contributed by atoms with Crippen LogP contribution in [-0.2, 0) is 4.74 Å². The lowest BCUT2D eigenvalue weighted by atomic mass is 10.2. The third kappa shape index (κ3) is 5.35. The molecule has 0 bridgehead atoms. The Labute approximate surface area is 111 Å². The average molecular weight is 323 g/mol. The Kier molecular flexibility index (Phi) is 5.40. The highest BCUT2D eigenvalue weighted by Crippen LogP contribution is 2.17. The molecule has 1 rings (SSSR count). The monoisotopic (exact) mass is 322 g/mol. The zero-order valence-electron chi connectivity index (χ0n) is 9.21. The molecule has 0 aliphatic heterocycles. The number of carbonyl (C=O) groups excluding carboxylic acids is 1. The molecule has 0 aliphatic rings. The van der Waals surface area contributed by atoms with Crippen LogP contribution in [0, 0.1) is 0 Å². The first kappa shape index (κ1) is 14.8. The molecule has 0 amide bonds. The normalized spacial score (nSPS) is 11.8. The molecule has 0 spiro atoms. The summed E-state index contributed by atoms with van der Waals surface area (Å²) in [6.07, 6.45) is -3.26. The summed E-state index contributed by atoms with van der Waals surface area (Å²) in [5.41, 5.74) is 0.345. The van der Waals surface area contributed by atoms with Crippen LogP contribution >= 0.6 is 15.9 Å². The van der Waals surface area contributed by atoms with Crippen LogP contribution in [0.15, 0.2) is 40.9 Å². The number of carbonyl (C=O) groups is 1. The van der Waals surface area contributed by atoms with Crippen molar-refractivity contribution < 1.29 is 22.7 Å². The highest BCUT2D eigenvalue weighted by Gasteiger charge is 2.21. The molecule has 0 fully saturated rings. The number of hydrogen-bond donors (Lipinski definition) is 0. The summed E-state index contributed by atoms with van der Waals surface area (Å²) in [5.74, 6) is -0.567. The second-order valence-corrected chi connectivity index (χ2v) is 4.20. The number of benzene rings is 1. The highest BCUT2D eigenvalue weighted by atomic mass is 79.9. The molecular weight excluding hydrogens is 313 g/mol. The van der Waals surface area contributed by atoms with E-state index in [4.69, 9.17) is 4.74 Å². The van der Waals surface area contributed by atoms with Crippen molar-refractivity contribution in [3.8, 4) is 0 Å². The van der Waals surface area contributed by atoms with Crippen molar-refractivity contribution in [3.63, 3.8) is 0 Å². The summed E-state index contributed by atoms with van der Waals surface area (Å²) < 4.78 is 40.7. The van der Waals surface area contributed by atoms with Gasteiger partial charge in [-0.05, 0) is 34.5 Å². The van der Waals surface area contributed by atoms with Crippen molar-refractivity contribution in [1.82, 2.24) is 0 Å². The Morgan fingerprint density at radius 1 is 1.33 bits per heavy atom. The minimum absolute atomic E-state index is 0.0235. The molecule has 0 N–H and O–H groups in total. The topological polar surface area (TPSA) is 26.3 Å². The predicted molar refractivity (Wildman–Crippen MR) is 64.2 cm³/mol. The standard InChI is InChI=1S/C12H10BrF3O2/c13-10-6-2-1-5-9(10)11(17)18-8-4-3-7-12(14,15)16/h1-3,5-7H,4,8H2/b7-3-. The summed E-state index contributed by atoms with van der Waals surface area (Å²) in [7, 11) is 0.